The molecule has 1 heterocycles. The molecule has 0 fully saturated rings. The highest BCUT2D eigenvalue weighted by molar-refractivity contribution is 5.90. The summed E-state index contributed by atoms with van der Waals surface area (Å²) in [6.45, 7) is 1.37. The average Bonchev–Trinajstić information content (AvgIpc) is 2.61. The van der Waals surface area contributed by atoms with Gasteiger partial charge in [0.05, 0.1) is 24.5 Å². The first-order valence-electron chi connectivity index (χ1n) is 7.17. The lowest BCUT2D eigenvalue weighted by atomic mass is 10.2. The van der Waals surface area contributed by atoms with Crippen LogP contribution in [0.3, 0.4) is 0 Å². The van der Waals surface area contributed by atoms with E-state index in [4.69, 9.17) is 10.1 Å². The summed E-state index contributed by atoms with van der Waals surface area (Å²) < 4.78 is 43.8. The van der Waals surface area contributed by atoms with Crippen LogP contribution in [-0.4, -0.2) is 28.8 Å². The molecule has 0 saturated carbocycles. The highest BCUT2D eigenvalue weighted by Gasteiger charge is 2.39. The zero-order valence-corrected chi connectivity index (χ0v) is 13.3. The van der Waals surface area contributed by atoms with Gasteiger partial charge in [0, 0.05) is 6.20 Å². The number of nitrogens with zero attached hydrogens (tertiary/aromatic N) is 4. The monoisotopic (exact) mass is 364 g/mol. The van der Waals surface area contributed by atoms with Crippen LogP contribution in [0.2, 0.25) is 0 Å². The van der Waals surface area contributed by atoms with Crippen molar-refractivity contribution in [1.29, 1.82) is 5.26 Å². The number of nitriles is 1. The molecule has 0 atom stereocenters. The third-order valence-electron chi connectivity index (χ3n) is 2.91. The topological polar surface area (TPSA) is 97.5 Å². The molecule has 1 aromatic heterocycles. The minimum absolute atomic E-state index is 0.0940. The molecule has 0 aliphatic heterocycles. The fourth-order valence-corrected chi connectivity index (χ4v) is 1.76. The standard InChI is InChI=1S/C16H11F3N4O3/c1-2-25-14(24)12-9-21-15(23-13(12)16(17,18)19)26-22-8-11-5-3-10(7-20)4-6-11/h3-6,8-9H,2H2,1H3. The number of benzene rings is 1. The summed E-state index contributed by atoms with van der Waals surface area (Å²) in [6, 6.07) is 7.46. The lowest BCUT2D eigenvalue weighted by molar-refractivity contribution is -0.142. The Hall–Kier alpha value is -3.48. The van der Waals surface area contributed by atoms with Gasteiger partial charge in [-0.3, -0.25) is 0 Å². The number of rotatable bonds is 5. The summed E-state index contributed by atoms with van der Waals surface area (Å²) in [4.78, 5) is 23.0. The molecule has 0 radical (unpaired) electrons. The molecule has 0 amide bonds. The molecule has 0 N–H and O–H groups in total. The van der Waals surface area contributed by atoms with Gasteiger partial charge in [-0.2, -0.15) is 23.4 Å². The van der Waals surface area contributed by atoms with E-state index in [0.29, 0.717) is 17.3 Å². The summed E-state index contributed by atoms with van der Waals surface area (Å²) in [5.41, 5.74) is -1.31. The summed E-state index contributed by atoms with van der Waals surface area (Å²) in [7, 11) is 0. The predicted octanol–water partition coefficient (Wildman–Crippen LogP) is 2.96. The van der Waals surface area contributed by atoms with E-state index < -0.39 is 29.4 Å². The Balaban J connectivity index is 2.20. The van der Waals surface area contributed by atoms with Crippen molar-refractivity contribution in [2.24, 2.45) is 5.16 Å². The Labute approximate surface area is 145 Å². The SMILES string of the molecule is CCOC(=O)c1cnc(ON=Cc2ccc(C#N)cc2)nc1C(F)(F)F. The van der Waals surface area contributed by atoms with Gasteiger partial charge in [0.1, 0.15) is 5.56 Å². The second-order valence-electron chi connectivity index (χ2n) is 4.69. The number of esters is 1. The number of aromatic nitrogens is 2. The normalized spacial score (nSPS) is 11.2. The van der Waals surface area contributed by atoms with E-state index in [1.807, 2.05) is 6.07 Å². The Morgan fingerprint density at radius 1 is 1.35 bits per heavy atom. The molecular formula is C16H11F3N4O3. The van der Waals surface area contributed by atoms with Crippen LogP contribution >= 0.6 is 0 Å². The van der Waals surface area contributed by atoms with E-state index >= 15 is 0 Å². The lowest BCUT2D eigenvalue weighted by Gasteiger charge is -2.10. The van der Waals surface area contributed by atoms with Gasteiger partial charge < -0.3 is 9.57 Å². The maximum Gasteiger partial charge on any atom is 0.434 e. The molecule has 26 heavy (non-hydrogen) atoms. The fourth-order valence-electron chi connectivity index (χ4n) is 1.76. The van der Waals surface area contributed by atoms with Crippen LogP contribution in [0.1, 0.15) is 34.1 Å². The van der Waals surface area contributed by atoms with Crippen LogP contribution in [0.15, 0.2) is 35.6 Å². The van der Waals surface area contributed by atoms with Crippen LogP contribution in [0.4, 0.5) is 13.2 Å². The van der Waals surface area contributed by atoms with Gasteiger partial charge >= 0.3 is 18.2 Å². The van der Waals surface area contributed by atoms with Crippen molar-refractivity contribution in [2.45, 2.75) is 13.1 Å². The lowest BCUT2D eigenvalue weighted by Crippen LogP contribution is -2.18. The first-order valence-corrected chi connectivity index (χ1v) is 7.17. The molecule has 10 heteroatoms. The van der Waals surface area contributed by atoms with E-state index in [-0.39, 0.29) is 6.61 Å². The molecule has 0 aliphatic carbocycles. The largest absolute Gasteiger partial charge is 0.462 e. The Morgan fingerprint density at radius 3 is 2.62 bits per heavy atom. The number of carbonyl (C=O) groups is 1. The molecular weight excluding hydrogens is 353 g/mol. The number of halogens is 3. The van der Waals surface area contributed by atoms with Crippen molar-refractivity contribution < 1.29 is 27.5 Å². The first kappa shape index (κ1) is 18.9. The van der Waals surface area contributed by atoms with Crippen LogP contribution < -0.4 is 4.84 Å². The van der Waals surface area contributed by atoms with Gasteiger partial charge in [-0.05, 0) is 24.6 Å². The third-order valence-corrected chi connectivity index (χ3v) is 2.91. The average molecular weight is 364 g/mol. The van der Waals surface area contributed by atoms with Gasteiger partial charge in [-0.1, -0.05) is 17.3 Å². The van der Waals surface area contributed by atoms with Crippen molar-refractivity contribution in [3.8, 4) is 12.1 Å². The Bertz CT molecular complexity index is 859. The molecule has 2 aromatic rings. The van der Waals surface area contributed by atoms with E-state index in [1.165, 1.54) is 25.3 Å². The van der Waals surface area contributed by atoms with Crippen molar-refractivity contribution in [1.82, 2.24) is 9.97 Å². The van der Waals surface area contributed by atoms with Gasteiger partial charge in [-0.15, -0.1) is 0 Å². The minimum atomic E-state index is -4.90. The van der Waals surface area contributed by atoms with Crippen molar-refractivity contribution in [3.63, 3.8) is 0 Å². The smallest absolute Gasteiger partial charge is 0.434 e. The molecule has 0 aliphatic rings. The van der Waals surface area contributed by atoms with Gasteiger partial charge in [0.25, 0.3) is 0 Å². The zero-order valence-electron chi connectivity index (χ0n) is 13.3. The third kappa shape index (κ3) is 4.76. The van der Waals surface area contributed by atoms with Crippen LogP contribution in [-0.2, 0) is 10.9 Å². The second-order valence-corrected chi connectivity index (χ2v) is 4.69. The van der Waals surface area contributed by atoms with Crippen LogP contribution in [0.5, 0.6) is 6.01 Å². The summed E-state index contributed by atoms with van der Waals surface area (Å²) in [6.07, 6.45) is -3.03. The maximum atomic E-state index is 13.1. The van der Waals surface area contributed by atoms with Gasteiger partial charge in [0.15, 0.2) is 5.69 Å². The minimum Gasteiger partial charge on any atom is -0.462 e. The summed E-state index contributed by atoms with van der Waals surface area (Å²) in [5, 5.41) is 12.2. The Morgan fingerprint density at radius 2 is 2.04 bits per heavy atom. The number of alkyl halides is 3. The highest BCUT2D eigenvalue weighted by Crippen LogP contribution is 2.31. The quantitative estimate of drug-likeness (QED) is 0.460. The Kier molecular flexibility index (Phi) is 5.85. The molecule has 0 bridgehead atoms. The number of oxime groups is 1. The molecule has 0 spiro atoms. The molecule has 7 nitrogen and oxygen atoms in total. The fraction of sp³-hybridized carbons (Fsp3) is 0.188. The van der Waals surface area contributed by atoms with Gasteiger partial charge in [-0.25, -0.2) is 9.78 Å². The predicted molar refractivity (Wildman–Crippen MR) is 82.4 cm³/mol. The van der Waals surface area contributed by atoms with E-state index in [2.05, 4.69) is 19.9 Å². The van der Waals surface area contributed by atoms with Crippen LogP contribution in [0, 0.1) is 11.3 Å². The molecule has 1 aromatic carbocycles. The number of hydrogen-bond donors (Lipinski definition) is 0. The molecule has 0 unspecified atom stereocenters. The summed E-state index contributed by atoms with van der Waals surface area (Å²) in [5.74, 6) is -1.19. The number of hydrogen-bond acceptors (Lipinski definition) is 7. The van der Waals surface area contributed by atoms with Crippen molar-refractivity contribution in [3.05, 3.63) is 52.8 Å². The highest BCUT2D eigenvalue weighted by atomic mass is 19.4. The second kappa shape index (κ2) is 8.06. The maximum absolute atomic E-state index is 13.1. The zero-order chi connectivity index (χ0) is 19.2. The van der Waals surface area contributed by atoms with E-state index in [9.17, 15) is 18.0 Å². The van der Waals surface area contributed by atoms with Crippen molar-refractivity contribution in [2.75, 3.05) is 6.61 Å². The van der Waals surface area contributed by atoms with Gasteiger partial charge in [0.2, 0.25) is 0 Å². The first-order chi connectivity index (χ1) is 12.3. The molecule has 0 saturated heterocycles. The number of carbonyl (C=O) groups excluding carboxylic acids is 1. The van der Waals surface area contributed by atoms with E-state index in [0.717, 1.165) is 0 Å². The molecule has 134 valence electrons. The van der Waals surface area contributed by atoms with Crippen molar-refractivity contribution >= 4 is 12.2 Å². The van der Waals surface area contributed by atoms with E-state index in [1.54, 1.807) is 12.1 Å². The van der Waals surface area contributed by atoms with Crippen LogP contribution in [0.25, 0.3) is 0 Å². The number of ether oxygens (including phenoxy) is 1. The summed E-state index contributed by atoms with van der Waals surface area (Å²) >= 11 is 0. The molecule has 2 rings (SSSR count).